The Morgan fingerprint density at radius 3 is 1.87 bits per heavy atom. The van der Waals surface area contributed by atoms with Crippen molar-refractivity contribution >= 4 is 11.9 Å². The van der Waals surface area contributed by atoms with Gasteiger partial charge in [-0.15, -0.1) is 0 Å². The van der Waals surface area contributed by atoms with Crippen LogP contribution in [0.15, 0.2) is 12.4 Å². The zero-order chi connectivity index (χ0) is 22.7. The maximum atomic E-state index is 12.6. The van der Waals surface area contributed by atoms with E-state index in [-0.39, 0.29) is 29.8 Å². The average molecular weight is 446 g/mol. The van der Waals surface area contributed by atoms with Crippen LogP contribution in [-0.2, 0) is 4.74 Å². The van der Waals surface area contributed by atoms with Gasteiger partial charge in [0.1, 0.15) is 17.0 Å². The van der Waals surface area contributed by atoms with E-state index in [9.17, 15) is 27.2 Å². The lowest BCUT2D eigenvalue weighted by molar-refractivity contribution is 0.0515. The molecule has 2 fully saturated rings. The third-order valence-corrected chi connectivity index (χ3v) is 4.65. The molecule has 2 aliphatic rings. The molecule has 0 aromatic carbocycles. The summed E-state index contributed by atoms with van der Waals surface area (Å²) in [7, 11) is 0. The third-order valence-electron chi connectivity index (χ3n) is 4.65. The number of aromatic nitrogens is 4. The van der Waals surface area contributed by atoms with Crippen molar-refractivity contribution in [3.63, 3.8) is 0 Å². The topological polar surface area (TPSA) is 117 Å². The standard InChI is InChI=1S/C10H12F2N2O2.C8H10F2N4O/c1-2-16-10(15)7-5-14(6-3-4-6)13-8(7)9(11)12;9-7(10)6-5(8(15)12-11)3-14(13-6)4-1-2-4/h5-6,9H,2-4H2,1H3;3-4,7H,1-2,11H2,(H,12,15). The summed E-state index contributed by atoms with van der Waals surface area (Å²) < 4.78 is 57.9. The lowest BCUT2D eigenvalue weighted by Crippen LogP contribution is -2.30. The van der Waals surface area contributed by atoms with Crippen molar-refractivity contribution in [3.05, 3.63) is 34.9 Å². The molecule has 170 valence electrons. The number of esters is 1. The normalized spacial score (nSPS) is 15.6. The van der Waals surface area contributed by atoms with Gasteiger partial charge < -0.3 is 4.74 Å². The van der Waals surface area contributed by atoms with Gasteiger partial charge in [0.15, 0.2) is 0 Å². The van der Waals surface area contributed by atoms with Gasteiger partial charge in [-0.3, -0.25) is 19.6 Å². The first kappa shape index (κ1) is 22.7. The summed E-state index contributed by atoms with van der Waals surface area (Å²) in [4.78, 5) is 22.6. The molecule has 0 spiro atoms. The van der Waals surface area contributed by atoms with Gasteiger partial charge in [0.2, 0.25) is 0 Å². The molecular weight excluding hydrogens is 424 g/mol. The van der Waals surface area contributed by atoms with Gasteiger partial charge in [-0.1, -0.05) is 0 Å². The molecule has 1 amide bonds. The molecule has 3 N–H and O–H groups in total. The van der Waals surface area contributed by atoms with E-state index >= 15 is 0 Å². The Hall–Kier alpha value is -2.96. The molecule has 9 nitrogen and oxygen atoms in total. The summed E-state index contributed by atoms with van der Waals surface area (Å²) in [6.07, 6.45) is 0.830. The Balaban J connectivity index is 0.000000176. The molecule has 2 heterocycles. The van der Waals surface area contributed by atoms with Crippen molar-refractivity contribution in [1.29, 1.82) is 0 Å². The van der Waals surface area contributed by atoms with Gasteiger partial charge in [-0.25, -0.2) is 28.2 Å². The van der Waals surface area contributed by atoms with Gasteiger partial charge in [0.25, 0.3) is 18.8 Å². The number of nitrogens with zero attached hydrogens (tertiary/aromatic N) is 4. The maximum absolute atomic E-state index is 12.6. The molecule has 2 aromatic heterocycles. The summed E-state index contributed by atoms with van der Waals surface area (Å²) in [5.74, 6) is 3.42. The number of carbonyl (C=O) groups is 2. The van der Waals surface area contributed by atoms with E-state index in [1.807, 2.05) is 5.43 Å². The second kappa shape index (κ2) is 9.45. The van der Waals surface area contributed by atoms with Crippen LogP contribution in [0.5, 0.6) is 0 Å². The fourth-order valence-electron chi connectivity index (χ4n) is 2.80. The van der Waals surface area contributed by atoms with Crippen LogP contribution in [0.25, 0.3) is 0 Å². The minimum Gasteiger partial charge on any atom is -0.462 e. The Kier molecular flexibility index (Phi) is 6.93. The molecule has 0 atom stereocenters. The Labute approximate surface area is 174 Å². The van der Waals surface area contributed by atoms with Crippen molar-refractivity contribution in [2.24, 2.45) is 5.84 Å². The Bertz CT molecular complexity index is 937. The minimum absolute atomic E-state index is 0.122. The molecule has 2 saturated carbocycles. The highest BCUT2D eigenvalue weighted by molar-refractivity contribution is 5.94. The highest BCUT2D eigenvalue weighted by Gasteiger charge is 2.31. The zero-order valence-electron chi connectivity index (χ0n) is 16.6. The number of carbonyl (C=O) groups excluding carboxylic acids is 2. The SMILES string of the molecule is CCOC(=O)c1cn(C2CC2)nc1C(F)F.NNC(=O)c1cn(C2CC2)nc1C(F)F. The molecule has 2 aliphatic carbocycles. The largest absolute Gasteiger partial charge is 0.462 e. The predicted molar refractivity (Wildman–Crippen MR) is 98.5 cm³/mol. The van der Waals surface area contributed by atoms with Gasteiger partial charge in [0.05, 0.1) is 24.3 Å². The summed E-state index contributed by atoms with van der Waals surface area (Å²) in [5.41, 5.74) is 0.558. The maximum Gasteiger partial charge on any atom is 0.341 e. The number of ether oxygens (including phenoxy) is 1. The first-order valence-electron chi connectivity index (χ1n) is 9.69. The molecule has 31 heavy (non-hydrogen) atoms. The highest BCUT2D eigenvalue weighted by atomic mass is 19.3. The van der Waals surface area contributed by atoms with E-state index in [0.717, 1.165) is 25.7 Å². The van der Waals surface area contributed by atoms with Crippen LogP contribution >= 0.6 is 0 Å². The van der Waals surface area contributed by atoms with E-state index in [2.05, 4.69) is 10.2 Å². The fourth-order valence-corrected chi connectivity index (χ4v) is 2.80. The number of amides is 1. The zero-order valence-corrected chi connectivity index (χ0v) is 16.6. The van der Waals surface area contributed by atoms with Crippen LogP contribution in [0.4, 0.5) is 17.6 Å². The molecule has 0 aliphatic heterocycles. The number of halogens is 4. The highest BCUT2D eigenvalue weighted by Crippen LogP contribution is 2.36. The van der Waals surface area contributed by atoms with Gasteiger partial charge in [0, 0.05) is 12.4 Å². The van der Waals surface area contributed by atoms with Crippen LogP contribution in [0, 0.1) is 0 Å². The lowest BCUT2D eigenvalue weighted by atomic mass is 10.2. The second-order valence-electron chi connectivity index (χ2n) is 7.07. The minimum atomic E-state index is -2.77. The summed E-state index contributed by atoms with van der Waals surface area (Å²) >= 11 is 0. The Morgan fingerprint density at radius 1 is 1.03 bits per heavy atom. The summed E-state index contributed by atoms with van der Waals surface area (Å²) in [6, 6.07) is 0.322. The van der Waals surface area contributed by atoms with Gasteiger partial charge in [-0.2, -0.15) is 10.2 Å². The van der Waals surface area contributed by atoms with E-state index in [1.165, 1.54) is 21.8 Å². The molecule has 0 unspecified atom stereocenters. The molecule has 0 bridgehead atoms. The number of nitrogen functional groups attached to an aromatic ring is 1. The number of nitrogens with two attached hydrogens (primary N) is 1. The molecule has 13 heteroatoms. The number of hydrazine groups is 1. The van der Waals surface area contributed by atoms with Crippen LogP contribution in [-0.4, -0.2) is 38.0 Å². The van der Waals surface area contributed by atoms with Crippen molar-refractivity contribution in [2.75, 3.05) is 6.61 Å². The fraction of sp³-hybridized carbons (Fsp3) is 0.556. The number of hydrogen-bond acceptors (Lipinski definition) is 6. The molecule has 0 radical (unpaired) electrons. The monoisotopic (exact) mass is 446 g/mol. The van der Waals surface area contributed by atoms with Crippen LogP contribution in [0.3, 0.4) is 0 Å². The van der Waals surface area contributed by atoms with Crippen molar-refractivity contribution in [2.45, 2.75) is 57.5 Å². The van der Waals surface area contributed by atoms with Gasteiger partial charge >= 0.3 is 5.97 Å². The third kappa shape index (κ3) is 5.40. The van der Waals surface area contributed by atoms with Crippen LogP contribution in [0.2, 0.25) is 0 Å². The molecule has 2 aromatic rings. The second-order valence-corrected chi connectivity index (χ2v) is 7.07. The van der Waals surface area contributed by atoms with Crippen molar-refractivity contribution in [3.8, 4) is 0 Å². The van der Waals surface area contributed by atoms with Crippen LogP contribution < -0.4 is 11.3 Å². The summed E-state index contributed by atoms with van der Waals surface area (Å²) in [5, 5.41) is 7.43. The van der Waals surface area contributed by atoms with Gasteiger partial charge in [-0.05, 0) is 32.6 Å². The van der Waals surface area contributed by atoms with Crippen molar-refractivity contribution < 1.29 is 31.9 Å². The number of alkyl halides is 4. The quantitative estimate of drug-likeness (QED) is 0.222. The number of nitrogens with one attached hydrogen (secondary N) is 1. The van der Waals surface area contributed by atoms with E-state index in [1.54, 1.807) is 6.92 Å². The first-order valence-corrected chi connectivity index (χ1v) is 9.69. The smallest absolute Gasteiger partial charge is 0.341 e. The predicted octanol–water partition coefficient (Wildman–Crippen LogP) is 3.09. The number of hydrogen-bond donors (Lipinski definition) is 2. The molecule has 0 saturated heterocycles. The van der Waals surface area contributed by atoms with Crippen molar-refractivity contribution in [1.82, 2.24) is 25.0 Å². The average Bonchev–Trinajstić information content (AvgIpc) is 3.67. The van der Waals surface area contributed by atoms with E-state index in [4.69, 9.17) is 10.6 Å². The van der Waals surface area contributed by atoms with E-state index in [0.29, 0.717) is 0 Å². The van der Waals surface area contributed by atoms with Crippen LogP contribution in [0.1, 0.15) is 89.6 Å². The molecule has 4 rings (SSSR count). The molecular formula is C18H22F4N6O3. The Morgan fingerprint density at radius 2 is 1.48 bits per heavy atom. The number of rotatable bonds is 7. The summed E-state index contributed by atoms with van der Waals surface area (Å²) in [6.45, 7) is 1.79. The first-order chi connectivity index (χ1) is 14.8. The lowest BCUT2D eigenvalue weighted by Gasteiger charge is -2.00. The van der Waals surface area contributed by atoms with E-state index < -0.39 is 36.1 Å².